The summed E-state index contributed by atoms with van der Waals surface area (Å²) < 4.78 is 4.80. The lowest BCUT2D eigenvalue weighted by Crippen LogP contribution is -2.11. The molecule has 0 fully saturated rings. The van der Waals surface area contributed by atoms with Gasteiger partial charge in [0.2, 0.25) is 0 Å². The van der Waals surface area contributed by atoms with Crippen molar-refractivity contribution >= 4 is 50.0 Å². The molecule has 0 spiro atoms. The van der Waals surface area contributed by atoms with Gasteiger partial charge in [-0.05, 0) is 66.7 Å². The Hall–Kier alpha value is -5.61. The monoisotopic (exact) mass is 526 g/mol. The predicted molar refractivity (Wildman–Crippen MR) is 170 cm³/mol. The predicted octanol–water partition coefficient (Wildman–Crippen LogP) is 9.59. The molecule has 8 rings (SSSR count). The molecule has 0 saturated carbocycles. The van der Waals surface area contributed by atoms with E-state index >= 15 is 0 Å². The lowest BCUT2D eigenvalue weighted by molar-refractivity contribution is 1.07. The molecule has 0 atom stereocenters. The Morgan fingerprint density at radius 2 is 1.05 bits per heavy atom. The molecule has 41 heavy (non-hydrogen) atoms. The van der Waals surface area contributed by atoms with Crippen molar-refractivity contribution in [2.45, 2.75) is 0 Å². The van der Waals surface area contributed by atoms with Crippen LogP contribution in [0.5, 0.6) is 0 Å². The number of anilines is 3. The van der Waals surface area contributed by atoms with Crippen molar-refractivity contribution in [1.29, 1.82) is 0 Å². The number of pyridine rings is 1. The summed E-state index contributed by atoms with van der Waals surface area (Å²) in [6.45, 7) is 0. The minimum Gasteiger partial charge on any atom is -0.295 e. The second-order valence-corrected chi connectivity index (χ2v) is 10.1. The number of para-hydroxylation sites is 4. The first-order valence-corrected chi connectivity index (χ1v) is 13.8. The summed E-state index contributed by atoms with van der Waals surface area (Å²) in [6.07, 6.45) is 1.85. The minimum absolute atomic E-state index is 0.875. The molecule has 3 heterocycles. The molecule has 4 heteroatoms. The Morgan fingerprint density at radius 1 is 0.463 bits per heavy atom. The van der Waals surface area contributed by atoms with Crippen molar-refractivity contribution in [2.75, 3.05) is 4.90 Å². The van der Waals surface area contributed by atoms with Crippen LogP contribution in [0.1, 0.15) is 0 Å². The number of hydrogen-bond acceptors (Lipinski definition) is 2. The van der Waals surface area contributed by atoms with Crippen LogP contribution in [0.4, 0.5) is 17.2 Å². The van der Waals surface area contributed by atoms with E-state index in [1.165, 1.54) is 21.7 Å². The Balaban J connectivity index is 1.50. The van der Waals surface area contributed by atoms with Crippen molar-refractivity contribution in [3.63, 3.8) is 0 Å². The molecule has 4 nitrogen and oxygen atoms in total. The van der Waals surface area contributed by atoms with Crippen LogP contribution in [-0.2, 0) is 0 Å². The smallest absolute Gasteiger partial charge is 0.137 e. The lowest BCUT2D eigenvalue weighted by Gasteiger charge is -2.24. The van der Waals surface area contributed by atoms with Gasteiger partial charge in [-0.3, -0.25) is 14.0 Å². The van der Waals surface area contributed by atoms with Gasteiger partial charge in [-0.2, -0.15) is 0 Å². The molecule has 5 aromatic carbocycles. The lowest BCUT2D eigenvalue weighted by atomic mass is 10.1. The van der Waals surface area contributed by atoms with Gasteiger partial charge in [0.15, 0.2) is 0 Å². The average Bonchev–Trinajstić information content (AvgIpc) is 3.55. The molecule has 0 bridgehead atoms. The van der Waals surface area contributed by atoms with E-state index in [0.717, 1.165) is 39.7 Å². The third kappa shape index (κ3) is 3.73. The number of rotatable bonds is 5. The molecule has 0 aliphatic heterocycles. The van der Waals surface area contributed by atoms with Crippen molar-refractivity contribution in [3.8, 4) is 11.4 Å². The van der Waals surface area contributed by atoms with E-state index in [0.29, 0.717) is 0 Å². The first kappa shape index (κ1) is 23.3. The summed E-state index contributed by atoms with van der Waals surface area (Å²) in [5.74, 6) is 0.875. The van der Waals surface area contributed by atoms with Crippen LogP contribution in [0.15, 0.2) is 158 Å². The van der Waals surface area contributed by atoms with E-state index in [1.54, 1.807) is 0 Å². The topological polar surface area (TPSA) is 26.0 Å². The zero-order chi connectivity index (χ0) is 27.2. The van der Waals surface area contributed by atoms with Crippen LogP contribution in [0.3, 0.4) is 0 Å². The van der Waals surface area contributed by atoms with Gasteiger partial charge in [0.25, 0.3) is 0 Å². The molecule has 0 amide bonds. The third-order valence-corrected chi connectivity index (χ3v) is 7.73. The van der Waals surface area contributed by atoms with Crippen LogP contribution in [0.25, 0.3) is 44.2 Å². The fourth-order valence-corrected chi connectivity index (χ4v) is 6.03. The molecule has 0 N–H and O–H groups in total. The highest BCUT2D eigenvalue weighted by Crippen LogP contribution is 2.43. The second kappa shape index (κ2) is 9.54. The number of benzene rings is 5. The van der Waals surface area contributed by atoms with E-state index in [-0.39, 0.29) is 0 Å². The standard InChI is InChI=1S/C37H26N4/c1-4-14-27(15-5-1)39(35-22-12-13-25-38-35)30-23-24-32-34(26-30)41(29-18-8-3-9-19-29)37-36(32)31-20-10-11-21-33(31)40(37)28-16-6-2-7-17-28/h1-26H. The zero-order valence-electron chi connectivity index (χ0n) is 22.3. The molecule has 0 aliphatic carbocycles. The number of hydrogen-bond donors (Lipinski definition) is 0. The van der Waals surface area contributed by atoms with E-state index in [1.807, 2.05) is 24.4 Å². The molecule has 0 unspecified atom stereocenters. The molecule has 8 aromatic rings. The highest BCUT2D eigenvalue weighted by atomic mass is 15.2. The summed E-state index contributed by atoms with van der Waals surface area (Å²) >= 11 is 0. The zero-order valence-corrected chi connectivity index (χ0v) is 22.3. The van der Waals surface area contributed by atoms with Crippen LogP contribution in [0, 0.1) is 0 Å². The van der Waals surface area contributed by atoms with Crippen LogP contribution in [0.2, 0.25) is 0 Å². The van der Waals surface area contributed by atoms with Crippen molar-refractivity contribution in [1.82, 2.24) is 14.1 Å². The fraction of sp³-hybridized carbons (Fsp3) is 0. The Morgan fingerprint density at radius 3 is 1.73 bits per heavy atom. The summed E-state index contributed by atoms with van der Waals surface area (Å²) in [7, 11) is 0. The molecule has 3 aromatic heterocycles. The maximum atomic E-state index is 4.73. The van der Waals surface area contributed by atoms with Gasteiger partial charge in [-0.25, -0.2) is 4.98 Å². The SMILES string of the molecule is c1ccc(N(c2ccc3c4c5ccccc5n(-c5ccccc5)c4n(-c4ccccc4)c3c2)c2ccccn2)cc1. The van der Waals surface area contributed by atoms with Crippen molar-refractivity contribution in [2.24, 2.45) is 0 Å². The van der Waals surface area contributed by atoms with Crippen molar-refractivity contribution in [3.05, 3.63) is 158 Å². The highest BCUT2D eigenvalue weighted by Gasteiger charge is 2.23. The number of fused-ring (bicyclic) bond motifs is 5. The first-order valence-electron chi connectivity index (χ1n) is 13.8. The quantitative estimate of drug-likeness (QED) is 0.223. The molecule has 0 radical (unpaired) electrons. The van der Waals surface area contributed by atoms with E-state index in [2.05, 4.69) is 147 Å². The van der Waals surface area contributed by atoms with Crippen molar-refractivity contribution < 1.29 is 0 Å². The maximum absolute atomic E-state index is 4.73. The number of aromatic nitrogens is 3. The van der Waals surface area contributed by atoms with Crippen LogP contribution < -0.4 is 4.90 Å². The largest absolute Gasteiger partial charge is 0.295 e. The minimum atomic E-state index is 0.875. The second-order valence-electron chi connectivity index (χ2n) is 10.1. The van der Waals surface area contributed by atoms with E-state index < -0.39 is 0 Å². The van der Waals surface area contributed by atoms with E-state index in [4.69, 9.17) is 4.98 Å². The third-order valence-electron chi connectivity index (χ3n) is 7.73. The summed E-state index contributed by atoms with van der Waals surface area (Å²) in [4.78, 5) is 6.95. The summed E-state index contributed by atoms with van der Waals surface area (Å²) in [5, 5.41) is 3.70. The molecule has 0 saturated heterocycles. The summed E-state index contributed by atoms with van der Waals surface area (Å²) in [6, 6.07) is 53.3. The van der Waals surface area contributed by atoms with Crippen LogP contribution >= 0.6 is 0 Å². The van der Waals surface area contributed by atoms with Crippen LogP contribution in [-0.4, -0.2) is 14.1 Å². The van der Waals surface area contributed by atoms with Gasteiger partial charge in [-0.1, -0.05) is 84.9 Å². The van der Waals surface area contributed by atoms with E-state index in [9.17, 15) is 0 Å². The molecule has 194 valence electrons. The molecule has 0 aliphatic rings. The normalized spacial score (nSPS) is 11.4. The molecular weight excluding hydrogens is 500 g/mol. The molecular formula is C37H26N4. The summed E-state index contributed by atoms with van der Waals surface area (Å²) in [5.41, 5.74) is 7.86. The highest BCUT2D eigenvalue weighted by molar-refractivity contribution is 6.22. The maximum Gasteiger partial charge on any atom is 0.137 e. The fourth-order valence-electron chi connectivity index (χ4n) is 6.03. The Labute approximate surface area is 238 Å². The van der Waals surface area contributed by atoms with Gasteiger partial charge < -0.3 is 0 Å². The van der Waals surface area contributed by atoms with Gasteiger partial charge >= 0.3 is 0 Å². The Bertz CT molecular complexity index is 2090. The average molecular weight is 527 g/mol. The van der Waals surface area contributed by atoms with Gasteiger partial charge in [0, 0.05) is 45.1 Å². The van der Waals surface area contributed by atoms with Gasteiger partial charge in [0.1, 0.15) is 11.5 Å². The number of nitrogens with zero attached hydrogens (tertiary/aromatic N) is 4. The van der Waals surface area contributed by atoms with Gasteiger partial charge in [-0.15, -0.1) is 0 Å². The Kier molecular flexibility index (Phi) is 5.42. The first-order chi connectivity index (χ1) is 20.4. The van der Waals surface area contributed by atoms with Gasteiger partial charge in [0.05, 0.1) is 11.0 Å².